The molecular formula is C17H23ClN4O2. The Hall–Kier alpha value is -2.18. The zero-order chi connectivity index (χ0) is 16.5. The summed E-state index contributed by atoms with van der Waals surface area (Å²) >= 11 is 0. The van der Waals surface area contributed by atoms with Gasteiger partial charge in [0.2, 0.25) is 5.91 Å². The number of aromatic nitrogens is 2. The van der Waals surface area contributed by atoms with E-state index in [-0.39, 0.29) is 30.4 Å². The number of hydrogen-bond acceptors (Lipinski definition) is 4. The van der Waals surface area contributed by atoms with Crippen LogP contribution in [0.15, 0.2) is 47.3 Å². The van der Waals surface area contributed by atoms with Crippen molar-refractivity contribution in [1.29, 1.82) is 0 Å². The van der Waals surface area contributed by atoms with Gasteiger partial charge in [0.25, 0.3) is 5.56 Å². The molecule has 0 aliphatic carbocycles. The van der Waals surface area contributed by atoms with E-state index in [0.29, 0.717) is 18.8 Å². The van der Waals surface area contributed by atoms with Gasteiger partial charge < -0.3 is 10.6 Å². The van der Waals surface area contributed by atoms with Crippen LogP contribution in [-0.2, 0) is 11.3 Å². The number of carbonyl (C=O) groups is 1. The summed E-state index contributed by atoms with van der Waals surface area (Å²) in [5.74, 6) is -0.219. The smallest absolute Gasteiger partial charge is 0.267 e. The van der Waals surface area contributed by atoms with E-state index < -0.39 is 0 Å². The van der Waals surface area contributed by atoms with Crippen molar-refractivity contribution in [2.75, 3.05) is 19.6 Å². The molecule has 7 heteroatoms. The Labute approximate surface area is 147 Å². The van der Waals surface area contributed by atoms with Gasteiger partial charge in [0, 0.05) is 24.7 Å². The van der Waals surface area contributed by atoms with Gasteiger partial charge in [0.1, 0.15) is 6.54 Å². The lowest BCUT2D eigenvalue weighted by Crippen LogP contribution is -2.37. The SMILES string of the molecule is CCCNCCNC(=O)Cn1nc(-c2ccccc2)ccc1=O.Cl. The third kappa shape index (κ3) is 6.14. The van der Waals surface area contributed by atoms with Gasteiger partial charge in [-0.2, -0.15) is 5.10 Å². The van der Waals surface area contributed by atoms with Crippen LogP contribution in [0, 0.1) is 0 Å². The Bertz CT molecular complexity index is 688. The molecule has 2 aromatic rings. The van der Waals surface area contributed by atoms with E-state index >= 15 is 0 Å². The maximum Gasteiger partial charge on any atom is 0.267 e. The van der Waals surface area contributed by atoms with Gasteiger partial charge in [0.05, 0.1) is 5.69 Å². The summed E-state index contributed by atoms with van der Waals surface area (Å²) in [4.78, 5) is 23.8. The maximum absolute atomic E-state index is 11.9. The van der Waals surface area contributed by atoms with Crippen molar-refractivity contribution >= 4 is 18.3 Å². The first-order valence-corrected chi connectivity index (χ1v) is 7.81. The summed E-state index contributed by atoms with van der Waals surface area (Å²) in [6.07, 6.45) is 1.06. The molecule has 0 saturated heterocycles. The van der Waals surface area contributed by atoms with E-state index in [1.54, 1.807) is 6.07 Å². The summed E-state index contributed by atoms with van der Waals surface area (Å²) in [6.45, 7) is 4.19. The molecule has 0 bridgehead atoms. The van der Waals surface area contributed by atoms with E-state index in [1.165, 1.54) is 10.7 Å². The van der Waals surface area contributed by atoms with E-state index in [1.807, 2.05) is 30.3 Å². The van der Waals surface area contributed by atoms with Crippen LogP contribution in [0.2, 0.25) is 0 Å². The second-order valence-corrected chi connectivity index (χ2v) is 5.18. The zero-order valence-electron chi connectivity index (χ0n) is 13.7. The molecule has 24 heavy (non-hydrogen) atoms. The second kappa shape index (κ2) is 10.6. The molecule has 0 aliphatic heterocycles. The van der Waals surface area contributed by atoms with Gasteiger partial charge in [0.15, 0.2) is 0 Å². The molecule has 0 radical (unpaired) electrons. The quantitative estimate of drug-likeness (QED) is 0.706. The van der Waals surface area contributed by atoms with Gasteiger partial charge in [-0.1, -0.05) is 37.3 Å². The number of benzene rings is 1. The topological polar surface area (TPSA) is 76.0 Å². The van der Waals surface area contributed by atoms with Crippen LogP contribution >= 0.6 is 12.4 Å². The van der Waals surface area contributed by atoms with E-state index in [2.05, 4.69) is 22.7 Å². The van der Waals surface area contributed by atoms with E-state index in [9.17, 15) is 9.59 Å². The predicted octanol–water partition coefficient (Wildman–Crippen LogP) is 1.45. The van der Waals surface area contributed by atoms with Crippen molar-refractivity contribution < 1.29 is 4.79 Å². The minimum Gasteiger partial charge on any atom is -0.353 e. The molecule has 1 aromatic carbocycles. The van der Waals surface area contributed by atoms with E-state index in [0.717, 1.165) is 18.5 Å². The van der Waals surface area contributed by atoms with Crippen LogP contribution in [0.3, 0.4) is 0 Å². The lowest BCUT2D eigenvalue weighted by atomic mass is 10.1. The molecule has 0 unspecified atom stereocenters. The van der Waals surface area contributed by atoms with Crippen molar-refractivity contribution in [3.05, 3.63) is 52.8 Å². The van der Waals surface area contributed by atoms with Crippen molar-refractivity contribution in [2.24, 2.45) is 0 Å². The molecule has 6 nitrogen and oxygen atoms in total. The lowest BCUT2D eigenvalue weighted by Gasteiger charge is -2.08. The zero-order valence-corrected chi connectivity index (χ0v) is 14.5. The van der Waals surface area contributed by atoms with Crippen LogP contribution in [0.4, 0.5) is 0 Å². The minimum atomic E-state index is -0.288. The first-order valence-electron chi connectivity index (χ1n) is 7.81. The van der Waals surface area contributed by atoms with Gasteiger partial charge >= 0.3 is 0 Å². The molecule has 1 heterocycles. The number of amides is 1. The number of hydrogen-bond donors (Lipinski definition) is 2. The third-order valence-corrected chi connectivity index (χ3v) is 3.28. The van der Waals surface area contributed by atoms with Crippen LogP contribution in [-0.4, -0.2) is 35.3 Å². The fourth-order valence-corrected chi connectivity index (χ4v) is 2.11. The highest BCUT2D eigenvalue weighted by molar-refractivity contribution is 5.85. The number of halogens is 1. The number of nitrogens with zero attached hydrogens (tertiary/aromatic N) is 2. The Morgan fingerprint density at radius 1 is 1.08 bits per heavy atom. The van der Waals surface area contributed by atoms with Crippen molar-refractivity contribution in [3.63, 3.8) is 0 Å². The largest absolute Gasteiger partial charge is 0.353 e. The lowest BCUT2D eigenvalue weighted by molar-refractivity contribution is -0.121. The highest BCUT2D eigenvalue weighted by atomic mass is 35.5. The average molecular weight is 351 g/mol. The minimum absolute atomic E-state index is 0. The first kappa shape index (κ1) is 19.9. The molecular weight excluding hydrogens is 328 g/mol. The normalized spacial score (nSPS) is 10.0. The number of carbonyl (C=O) groups excluding carboxylic acids is 1. The van der Waals surface area contributed by atoms with E-state index in [4.69, 9.17) is 0 Å². The predicted molar refractivity (Wildman–Crippen MR) is 97.4 cm³/mol. The van der Waals surface area contributed by atoms with Crippen LogP contribution in [0.25, 0.3) is 11.3 Å². The monoisotopic (exact) mass is 350 g/mol. The fourth-order valence-electron chi connectivity index (χ4n) is 2.11. The summed E-state index contributed by atoms with van der Waals surface area (Å²) in [7, 11) is 0. The fraction of sp³-hybridized carbons (Fsp3) is 0.353. The van der Waals surface area contributed by atoms with Crippen molar-refractivity contribution in [1.82, 2.24) is 20.4 Å². The molecule has 0 atom stereocenters. The Balaban J connectivity index is 0.00000288. The van der Waals surface area contributed by atoms with Gasteiger partial charge in [-0.25, -0.2) is 4.68 Å². The van der Waals surface area contributed by atoms with Crippen LogP contribution in [0.1, 0.15) is 13.3 Å². The second-order valence-electron chi connectivity index (χ2n) is 5.18. The van der Waals surface area contributed by atoms with Gasteiger partial charge in [-0.3, -0.25) is 9.59 Å². The molecule has 2 rings (SSSR count). The Morgan fingerprint density at radius 3 is 2.54 bits per heavy atom. The average Bonchev–Trinajstić information content (AvgIpc) is 2.57. The molecule has 1 aromatic heterocycles. The maximum atomic E-state index is 11.9. The first-order chi connectivity index (χ1) is 11.2. The number of nitrogens with one attached hydrogen (secondary N) is 2. The molecule has 130 valence electrons. The molecule has 0 saturated carbocycles. The summed E-state index contributed by atoms with van der Waals surface area (Å²) in [6, 6.07) is 12.7. The molecule has 0 aliphatic rings. The molecule has 2 N–H and O–H groups in total. The van der Waals surface area contributed by atoms with Crippen LogP contribution < -0.4 is 16.2 Å². The van der Waals surface area contributed by atoms with Crippen molar-refractivity contribution in [3.8, 4) is 11.3 Å². The van der Waals surface area contributed by atoms with Crippen molar-refractivity contribution in [2.45, 2.75) is 19.9 Å². The molecule has 0 spiro atoms. The standard InChI is InChI=1S/C17H22N4O2.ClH/c1-2-10-18-11-12-19-16(22)13-21-17(23)9-8-15(20-21)14-6-4-3-5-7-14;/h3-9,18H,2,10-13H2,1H3,(H,19,22);1H. The Morgan fingerprint density at radius 2 is 1.83 bits per heavy atom. The number of rotatable bonds is 8. The van der Waals surface area contributed by atoms with Gasteiger partial charge in [-0.05, 0) is 19.0 Å². The molecule has 1 amide bonds. The highest BCUT2D eigenvalue weighted by Gasteiger charge is 2.07. The summed E-state index contributed by atoms with van der Waals surface area (Å²) < 4.78 is 1.19. The third-order valence-electron chi connectivity index (χ3n) is 3.28. The Kier molecular flexibility index (Phi) is 8.75. The highest BCUT2D eigenvalue weighted by Crippen LogP contribution is 2.13. The van der Waals surface area contributed by atoms with Crippen LogP contribution in [0.5, 0.6) is 0 Å². The summed E-state index contributed by atoms with van der Waals surface area (Å²) in [5, 5.41) is 10.2. The summed E-state index contributed by atoms with van der Waals surface area (Å²) in [5.41, 5.74) is 1.29. The van der Waals surface area contributed by atoms with Gasteiger partial charge in [-0.15, -0.1) is 12.4 Å². The molecule has 0 fully saturated rings.